The van der Waals surface area contributed by atoms with Crippen LogP contribution in [0, 0.1) is 0 Å². The van der Waals surface area contributed by atoms with Crippen molar-refractivity contribution in [2.24, 2.45) is 0 Å². The molecule has 0 aromatic heterocycles. The van der Waals surface area contributed by atoms with Crippen molar-refractivity contribution >= 4 is 18.0 Å². The fourth-order valence-electron chi connectivity index (χ4n) is 1.71. The Kier molecular flexibility index (Phi) is 3.83. The molecule has 1 aromatic rings. The summed E-state index contributed by atoms with van der Waals surface area (Å²) in [7, 11) is -1.88. The first-order chi connectivity index (χ1) is 8.12. The van der Waals surface area contributed by atoms with Crippen LogP contribution < -0.4 is 5.32 Å². The zero-order chi connectivity index (χ0) is 12.3. The Morgan fingerprint density at radius 2 is 2.06 bits per heavy atom. The summed E-state index contributed by atoms with van der Waals surface area (Å²) in [5.74, 6) is 0. The van der Waals surface area contributed by atoms with E-state index in [4.69, 9.17) is 4.74 Å². The van der Waals surface area contributed by atoms with Crippen LogP contribution in [0.4, 0.5) is 0 Å². The smallest absolute Gasteiger partial charge is 0.233 e. The third kappa shape index (κ3) is 2.69. The van der Waals surface area contributed by atoms with E-state index < -0.39 is 10.0 Å². The molecule has 1 aliphatic rings. The molecule has 1 aliphatic heterocycles. The van der Waals surface area contributed by atoms with Gasteiger partial charge in [0.2, 0.25) is 18.0 Å². The molecule has 0 spiro atoms. The summed E-state index contributed by atoms with van der Waals surface area (Å²) in [6.07, 6.45) is -0.297. The summed E-state index contributed by atoms with van der Waals surface area (Å²) in [5.41, 5.74) is 0. The molecule has 7 heteroatoms. The Hall–Kier alpha value is -0.885. The van der Waals surface area contributed by atoms with Crippen molar-refractivity contribution in [1.82, 2.24) is 9.53 Å². The van der Waals surface area contributed by atoms with Crippen molar-refractivity contribution in [2.45, 2.75) is 11.1 Å². The summed E-state index contributed by atoms with van der Waals surface area (Å²) >= 11 is 0. The highest BCUT2D eigenvalue weighted by atomic mass is 32.2. The number of hydrogen-bond acceptors (Lipinski definition) is 4. The lowest BCUT2D eigenvalue weighted by Crippen LogP contribution is -2.53. The van der Waals surface area contributed by atoms with Gasteiger partial charge in [-0.15, -0.1) is 0 Å². The highest BCUT2D eigenvalue weighted by molar-refractivity contribution is 7.90. The Bertz CT molecular complexity index is 460. The maximum absolute atomic E-state index is 12.3. The summed E-state index contributed by atoms with van der Waals surface area (Å²) in [5, 5.41) is 3.12. The van der Waals surface area contributed by atoms with Crippen LogP contribution in [-0.2, 0) is 14.8 Å². The highest BCUT2D eigenvalue weighted by Gasteiger charge is 2.28. The molecule has 2 rings (SSSR count). The highest BCUT2D eigenvalue weighted by Crippen LogP contribution is 2.15. The normalized spacial score (nSPS) is 21.6. The molecule has 1 saturated heterocycles. The molecule has 92 valence electrons. The molecule has 1 heterocycles. The van der Waals surface area contributed by atoms with Gasteiger partial charge in [-0.3, -0.25) is 5.32 Å². The molecule has 0 bridgehead atoms. The summed E-state index contributed by atoms with van der Waals surface area (Å²) in [6.45, 7) is 1.66. The van der Waals surface area contributed by atoms with Gasteiger partial charge in [0.15, 0.2) is 0 Å². The Morgan fingerprint density at radius 3 is 2.65 bits per heavy atom. The van der Waals surface area contributed by atoms with Crippen molar-refractivity contribution in [3.63, 3.8) is 0 Å². The van der Waals surface area contributed by atoms with E-state index in [2.05, 4.69) is 5.32 Å². The molecule has 1 fully saturated rings. The molecule has 0 aliphatic carbocycles. The van der Waals surface area contributed by atoms with Crippen LogP contribution in [-0.4, -0.2) is 46.5 Å². The van der Waals surface area contributed by atoms with E-state index in [0.717, 1.165) is 0 Å². The number of nitrogens with zero attached hydrogens (tertiary/aromatic N) is 1. The molecule has 0 amide bonds. The van der Waals surface area contributed by atoms with E-state index in [1.807, 2.05) is 0 Å². The number of ether oxygens (including phenoxy) is 1. The van der Waals surface area contributed by atoms with Crippen LogP contribution in [0.15, 0.2) is 35.2 Å². The SMILES string of the molecule is BN(C1COCCN1)S(=O)(=O)c1ccccc1. The predicted octanol–water partition coefficient (Wildman–Crippen LogP) is -0.829. The molecule has 0 radical (unpaired) electrons. The van der Waals surface area contributed by atoms with Crippen LogP contribution in [0.2, 0.25) is 0 Å². The van der Waals surface area contributed by atoms with Gasteiger partial charge < -0.3 is 4.74 Å². The molecule has 1 unspecified atom stereocenters. The Balaban J connectivity index is 2.20. The second-order valence-electron chi connectivity index (χ2n) is 3.88. The van der Waals surface area contributed by atoms with Crippen molar-refractivity contribution in [3.8, 4) is 0 Å². The molecule has 1 aromatic carbocycles. The van der Waals surface area contributed by atoms with Gasteiger partial charge in [-0.05, 0) is 12.1 Å². The number of benzene rings is 1. The maximum Gasteiger partial charge on any atom is 0.233 e. The van der Waals surface area contributed by atoms with Gasteiger partial charge in [0.1, 0.15) is 0 Å². The average Bonchev–Trinajstić information content (AvgIpc) is 2.40. The summed E-state index contributed by atoms with van der Waals surface area (Å²) in [6, 6.07) is 8.41. The predicted molar refractivity (Wildman–Crippen MR) is 66.6 cm³/mol. The van der Waals surface area contributed by atoms with Gasteiger partial charge in [-0.25, -0.2) is 12.6 Å². The van der Waals surface area contributed by atoms with Crippen LogP contribution in [0.3, 0.4) is 0 Å². The minimum atomic E-state index is -3.45. The van der Waals surface area contributed by atoms with Gasteiger partial charge in [0, 0.05) is 6.54 Å². The fourth-order valence-corrected chi connectivity index (χ4v) is 3.02. The lowest BCUT2D eigenvalue weighted by molar-refractivity contribution is 0.0563. The number of hydrogen-bond donors (Lipinski definition) is 1. The lowest BCUT2D eigenvalue weighted by atomic mass is 10.3. The van der Waals surface area contributed by atoms with Crippen molar-refractivity contribution in [3.05, 3.63) is 30.3 Å². The van der Waals surface area contributed by atoms with Gasteiger partial charge in [0.25, 0.3) is 0 Å². The van der Waals surface area contributed by atoms with Crippen LogP contribution in [0.5, 0.6) is 0 Å². The molecule has 1 N–H and O–H groups in total. The zero-order valence-electron chi connectivity index (χ0n) is 9.67. The average molecular weight is 254 g/mol. The Morgan fingerprint density at radius 1 is 1.35 bits per heavy atom. The second kappa shape index (κ2) is 5.18. The van der Waals surface area contributed by atoms with Gasteiger partial charge in [-0.2, -0.15) is 0 Å². The monoisotopic (exact) mass is 254 g/mol. The molecule has 17 heavy (non-hydrogen) atoms. The van der Waals surface area contributed by atoms with Gasteiger partial charge >= 0.3 is 0 Å². The largest absolute Gasteiger partial charge is 0.377 e. The third-order valence-electron chi connectivity index (χ3n) is 2.76. The van der Waals surface area contributed by atoms with E-state index >= 15 is 0 Å². The van der Waals surface area contributed by atoms with E-state index in [1.165, 1.54) is 4.22 Å². The topological polar surface area (TPSA) is 58.6 Å². The quantitative estimate of drug-likeness (QED) is 0.715. The van der Waals surface area contributed by atoms with Crippen molar-refractivity contribution < 1.29 is 13.2 Å². The molecular weight excluding hydrogens is 239 g/mol. The summed E-state index contributed by atoms with van der Waals surface area (Å²) in [4.78, 5) is 0.301. The first kappa shape index (κ1) is 12.6. The van der Waals surface area contributed by atoms with Crippen molar-refractivity contribution in [1.29, 1.82) is 0 Å². The number of nitrogens with one attached hydrogen (secondary N) is 1. The number of sulfonamides is 1. The van der Waals surface area contributed by atoms with Crippen molar-refractivity contribution in [2.75, 3.05) is 19.8 Å². The summed E-state index contributed by atoms with van der Waals surface area (Å²) < 4.78 is 31.1. The number of rotatable bonds is 3. The van der Waals surface area contributed by atoms with E-state index in [9.17, 15) is 8.42 Å². The van der Waals surface area contributed by atoms with Crippen LogP contribution >= 0.6 is 0 Å². The Labute approximate surface area is 102 Å². The minimum Gasteiger partial charge on any atom is -0.377 e. The maximum atomic E-state index is 12.3. The zero-order valence-corrected chi connectivity index (χ0v) is 10.5. The lowest BCUT2D eigenvalue weighted by Gasteiger charge is -2.31. The first-order valence-electron chi connectivity index (χ1n) is 5.46. The second-order valence-corrected chi connectivity index (χ2v) is 5.88. The fraction of sp³-hybridized carbons (Fsp3) is 0.400. The first-order valence-corrected chi connectivity index (χ1v) is 6.90. The van der Waals surface area contributed by atoms with Gasteiger partial charge in [0.05, 0.1) is 24.3 Å². The molecule has 1 atom stereocenters. The minimum absolute atomic E-state index is 0.297. The van der Waals surface area contributed by atoms with Gasteiger partial charge in [-0.1, -0.05) is 18.2 Å². The van der Waals surface area contributed by atoms with E-state index in [0.29, 0.717) is 24.7 Å². The molecular formula is C10H15BN2O3S. The number of morpholine rings is 1. The van der Waals surface area contributed by atoms with Crippen LogP contribution in [0.25, 0.3) is 0 Å². The van der Waals surface area contributed by atoms with E-state index in [-0.39, 0.29) is 6.17 Å². The van der Waals surface area contributed by atoms with Crippen LogP contribution in [0.1, 0.15) is 0 Å². The molecule has 5 nitrogen and oxygen atoms in total. The standard InChI is InChI=1S/C10H15BN2O3S/c11-13(10-8-16-7-6-12-10)17(14,15)9-4-2-1-3-5-9/h1-5,10,12H,6-8,11H2. The third-order valence-corrected chi connectivity index (χ3v) is 4.64. The van der Waals surface area contributed by atoms with E-state index in [1.54, 1.807) is 38.3 Å². The molecule has 0 saturated carbocycles.